The second-order valence-electron chi connectivity index (χ2n) is 6.64. The highest BCUT2D eigenvalue weighted by atomic mass is 16.6. The van der Waals surface area contributed by atoms with E-state index < -0.39 is 35.6 Å². The Balaban J connectivity index is 2.73. The van der Waals surface area contributed by atoms with Gasteiger partial charge in [0.25, 0.3) is 0 Å². The van der Waals surface area contributed by atoms with Crippen LogP contribution in [0.2, 0.25) is 0 Å². The fourth-order valence-corrected chi connectivity index (χ4v) is 1.84. The summed E-state index contributed by atoms with van der Waals surface area (Å²) in [5.41, 5.74) is 0.0188. The molecule has 0 heterocycles. The van der Waals surface area contributed by atoms with Crippen molar-refractivity contribution in [1.82, 2.24) is 5.32 Å². The molecule has 7 nitrogen and oxygen atoms in total. The Morgan fingerprint density at radius 1 is 1.16 bits per heavy atom. The monoisotopic (exact) mass is 351 g/mol. The maximum absolute atomic E-state index is 12.2. The van der Waals surface area contributed by atoms with E-state index in [1.165, 1.54) is 6.92 Å². The van der Waals surface area contributed by atoms with Gasteiger partial charge in [0.15, 0.2) is 5.78 Å². The van der Waals surface area contributed by atoms with Gasteiger partial charge in [0.2, 0.25) is 0 Å². The molecule has 0 fully saturated rings. The minimum absolute atomic E-state index is 0.00897. The molecule has 25 heavy (non-hydrogen) atoms. The lowest BCUT2D eigenvalue weighted by Gasteiger charge is -2.23. The van der Waals surface area contributed by atoms with Crippen LogP contribution in [0.25, 0.3) is 0 Å². The Labute approximate surface area is 147 Å². The van der Waals surface area contributed by atoms with Crippen LogP contribution in [0.5, 0.6) is 0 Å². The molecule has 2 N–H and O–H groups in total. The largest absolute Gasteiger partial charge is 0.459 e. The van der Waals surface area contributed by atoms with Crippen LogP contribution in [0.1, 0.15) is 39.7 Å². The molecule has 0 bridgehead atoms. The van der Waals surface area contributed by atoms with Gasteiger partial charge in [0.1, 0.15) is 24.4 Å². The van der Waals surface area contributed by atoms with Crippen molar-refractivity contribution in [3.05, 3.63) is 35.9 Å². The standard InChI is InChI=1S/C18H25NO6/c1-12(20)15(21)10-14(19-17(23)25-18(2,3)4)16(22)24-11-13-8-6-5-7-9-13/h5-9,12,14,20H,10-11H2,1-4H3,(H,19,23)/t12?,14-/m0/s1. The number of aliphatic hydroxyl groups is 1. The third-order valence-corrected chi connectivity index (χ3v) is 3.07. The minimum Gasteiger partial charge on any atom is -0.459 e. The molecule has 138 valence electrons. The zero-order valence-electron chi connectivity index (χ0n) is 14.9. The lowest BCUT2D eigenvalue weighted by atomic mass is 10.1. The fourth-order valence-electron chi connectivity index (χ4n) is 1.84. The minimum atomic E-state index is -1.25. The number of carbonyl (C=O) groups excluding carboxylic acids is 3. The average Bonchev–Trinajstić information content (AvgIpc) is 2.50. The Hall–Kier alpha value is -2.41. The summed E-state index contributed by atoms with van der Waals surface area (Å²) >= 11 is 0. The van der Waals surface area contributed by atoms with Gasteiger partial charge in [-0.15, -0.1) is 0 Å². The number of ketones is 1. The van der Waals surface area contributed by atoms with E-state index in [4.69, 9.17) is 9.47 Å². The van der Waals surface area contributed by atoms with Crippen LogP contribution >= 0.6 is 0 Å². The summed E-state index contributed by atoms with van der Waals surface area (Å²) in [7, 11) is 0. The first-order chi connectivity index (χ1) is 11.6. The first-order valence-electron chi connectivity index (χ1n) is 7.99. The molecule has 0 radical (unpaired) electrons. The highest BCUT2D eigenvalue weighted by Crippen LogP contribution is 2.09. The number of Topliss-reactive ketones (excluding diaryl/α,β-unsaturated/α-hetero) is 1. The normalized spacial score (nSPS) is 13.5. The Morgan fingerprint density at radius 2 is 1.76 bits per heavy atom. The number of hydrogen-bond donors (Lipinski definition) is 2. The van der Waals surface area contributed by atoms with Crippen molar-refractivity contribution in [3.8, 4) is 0 Å². The number of amides is 1. The highest BCUT2D eigenvalue weighted by molar-refractivity contribution is 5.90. The van der Waals surface area contributed by atoms with Gasteiger partial charge in [-0.05, 0) is 33.3 Å². The molecule has 0 spiro atoms. The Bertz CT molecular complexity index is 591. The molecule has 0 aliphatic rings. The molecule has 1 amide bonds. The lowest BCUT2D eigenvalue weighted by Crippen LogP contribution is -2.46. The zero-order valence-corrected chi connectivity index (χ0v) is 14.9. The SMILES string of the molecule is CC(O)C(=O)C[C@H](NC(=O)OC(C)(C)C)C(=O)OCc1ccccc1. The van der Waals surface area contributed by atoms with E-state index in [0.717, 1.165) is 5.56 Å². The van der Waals surface area contributed by atoms with Crippen LogP contribution in [-0.2, 0) is 25.7 Å². The number of nitrogens with one attached hydrogen (secondary N) is 1. The first kappa shape index (κ1) is 20.6. The molecule has 1 unspecified atom stereocenters. The third-order valence-electron chi connectivity index (χ3n) is 3.07. The van der Waals surface area contributed by atoms with Crippen molar-refractivity contribution < 1.29 is 29.0 Å². The molecular formula is C18H25NO6. The van der Waals surface area contributed by atoms with E-state index in [9.17, 15) is 19.5 Å². The summed E-state index contributed by atoms with van der Waals surface area (Å²) in [6, 6.07) is 7.77. The average molecular weight is 351 g/mol. The maximum Gasteiger partial charge on any atom is 0.408 e. The van der Waals surface area contributed by atoms with Crippen molar-refractivity contribution >= 4 is 17.8 Å². The van der Waals surface area contributed by atoms with Crippen LogP contribution in [0.4, 0.5) is 4.79 Å². The number of carbonyl (C=O) groups is 3. The third kappa shape index (κ3) is 8.30. The number of esters is 1. The summed E-state index contributed by atoms with van der Waals surface area (Å²) in [5.74, 6) is -1.36. The number of hydrogen-bond acceptors (Lipinski definition) is 6. The van der Waals surface area contributed by atoms with Crippen molar-refractivity contribution in [3.63, 3.8) is 0 Å². The number of benzene rings is 1. The molecule has 1 aromatic rings. The molecule has 2 atom stereocenters. The van der Waals surface area contributed by atoms with E-state index in [0.29, 0.717) is 0 Å². The summed E-state index contributed by atoms with van der Waals surface area (Å²) < 4.78 is 10.3. The topological polar surface area (TPSA) is 102 Å². The maximum atomic E-state index is 12.2. The fraction of sp³-hybridized carbons (Fsp3) is 0.500. The molecule has 0 saturated carbocycles. The smallest absolute Gasteiger partial charge is 0.408 e. The van der Waals surface area contributed by atoms with Gasteiger partial charge in [-0.3, -0.25) is 4.79 Å². The molecule has 0 saturated heterocycles. The lowest BCUT2D eigenvalue weighted by molar-refractivity contribution is -0.149. The van der Waals surface area contributed by atoms with Crippen molar-refractivity contribution in [2.75, 3.05) is 0 Å². The Kier molecular flexibility index (Phi) is 7.57. The molecule has 0 aromatic heterocycles. The zero-order chi connectivity index (χ0) is 19.0. The van der Waals surface area contributed by atoms with Crippen LogP contribution in [0, 0.1) is 0 Å². The summed E-state index contributed by atoms with van der Waals surface area (Å²) in [4.78, 5) is 35.9. The highest BCUT2D eigenvalue weighted by Gasteiger charge is 2.29. The predicted molar refractivity (Wildman–Crippen MR) is 90.7 cm³/mol. The van der Waals surface area contributed by atoms with Crippen LogP contribution in [-0.4, -0.2) is 40.7 Å². The molecule has 7 heteroatoms. The van der Waals surface area contributed by atoms with E-state index in [1.807, 2.05) is 6.07 Å². The van der Waals surface area contributed by atoms with Gasteiger partial charge >= 0.3 is 12.1 Å². The Morgan fingerprint density at radius 3 is 2.28 bits per heavy atom. The van der Waals surface area contributed by atoms with Crippen LogP contribution < -0.4 is 5.32 Å². The van der Waals surface area contributed by atoms with Crippen LogP contribution in [0.3, 0.4) is 0 Å². The second-order valence-corrected chi connectivity index (χ2v) is 6.64. The van der Waals surface area contributed by atoms with Crippen LogP contribution in [0.15, 0.2) is 30.3 Å². The number of ether oxygens (including phenoxy) is 2. The molecule has 1 aromatic carbocycles. The summed E-state index contributed by atoms with van der Waals surface area (Å²) in [6.07, 6.45) is -2.47. The molecule has 0 aliphatic heterocycles. The van der Waals surface area contributed by atoms with Gasteiger partial charge in [0.05, 0.1) is 0 Å². The van der Waals surface area contributed by atoms with Crippen molar-refractivity contribution in [2.45, 2.75) is 58.5 Å². The van der Waals surface area contributed by atoms with Gasteiger partial charge in [-0.2, -0.15) is 0 Å². The summed E-state index contributed by atoms with van der Waals surface area (Å²) in [6.45, 7) is 6.33. The molecule has 1 rings (SSSR count). The number of rotatable bonds is 7. The number of alkyl carbamates (subject to hydrolysis) is 1. The van der Waals surface area contributed by atoms with Gasteiger partial charge in [-0.25, -0.2) is 9.59 Å². The summed E-state index contributed by atoms with van der Waals surface area (Å²) in [5, 5.41) is 11.7. The second kappa shape index (κ2) is 9.17. The predicted octanol–water partition coefficient (Wildman–Crippen LogP) is 1.96. The van der Waals surface area contributed by atoms with E-state index in [1.54, 1.807) is 45.0 Å². The van der Waals surface area contributed by atoms with E-state index >= 15 is 0 Å². The van der Waals surface area contributed by atoms with Crippen molar-refractivity contribution in [1.29, 1.82) is 0 Å². The van der Waals surface area contributed by atoms with Gasteiger partial charge < -0.3 is 19.9 Å². The van der Waals surface area contributed by atoms with Gasteiger partial charge in [0, 0.05) is 6.42 Å². The number of aliphatic hydroxyl groups excluding tert-OH is 1. The first-order valence-corrected chi connectivity index (χ1v) is 7.99. The quantitative estimate of drug-likeness (QED) is 0.728. The molecular weight excluding hydrogens is 326 g/mol. The van der Waals surface area contributed by atoms with Gasteiger partial charge in [-0.1, -0.05) is 30.3 Å². The van der Waals surface area contributed by atoms with E-state index in [-0.39, 0.29) is 13.0 Å². The molecule has 0 aliphatic carbocycles. The van der Waals surface area contributed by atoms with E-state index in [2.05, 4.69) is 5.32 Å². The van der Waals surface area contributed by atoms with Crippen molar-refractivity contribution in [2.24, 2.45) is 0 Å².